The Labute approximate surface area is 134 Å². The molecule has 4 nitrogen and oxygen atoms in total. The van der Waals surface area contributed by atoms with Gasteiger partial charge in [0.1, 0.15) is 13.2 Å². The molecule has 2 atom stereocenters. The van der Waals surface area contributed by atoms with E-state index in [9.17, 15) is 0 Å². The molecule has 2 unspecified atom stereocenters. The van der Waals surface area contributed by atoms with Crippen LogP contribution in [0.25, 0.3) is 0 Å². The van der Waals surface area contributed by atoms with E-state index in [1.807, 2.05) is 6.07 Å². The normalized spacial score (nSPS) is 24.6. The molecular formula is C16H23BrN2O2. The summed E-state index contributed by atoms with van der Waals surface area (Å²) in [5, 5.41) is 0. The molecule has 1 heterocycles. The lowest BCUT2D eigenvalue weighted by Gasteiger charge is -2.30. The topological polar surface area (TPSA) is 47.7 Å². The van der Waals surface area contributed by atoms with E-state index in [-0.39, 0.29) is 0 Å². The van der Waals surface area contributed by atoms with Crippen LogP contribution in [0.2, 0.25) is 0 Å². The second-order valence-corrected chi connectivity index (χ2v) is 6.85. The predicted molar refractivity (Wildman–Crippen MR) is 86.8 cm³/mol. The molecule has 1 aromatic carbocycles. The Hall–Kier alpha value is -0.780. The van der Waals surface area contributed by atoms with E-state index in [1.165, 1.54) is 24.8 Å². The molecule has 0 bridgehead atoms. The highest BCUT2D eigenvalue weighted by atomic mass is 79.9. The lowest BCUT2D eigenvalue weighted by Crippen LogP contribution is -2.37. The standard InChI is InChI=1S/C16H23BrN2O2/c1-19(14-4-2-3-11(14)9-18)10-12-7-15-16(8-13(12)17)21-6-5-20-15/h7-8,11,14H,2-6,9-10,18H2,1H3. The smallest absolute Gasteiger partial charge is 0.162 e. The third-order valence-corrected chi connectivity index (χ3v) is 5.36. The fourth-order valence-corrected chi connectivity index (χ4v) is 3.93. The van der Waals surface area contributed by atoms with Gasteiger partial charge in [-0.05, 0) is 50.0 Å². The van der Waals surface area contributed by atoms with Gasteiger partial charge in [0.15, 0.2) is 11.5 Å². The van der Waals surface area contributed by atoms with Gasteiger partial charge in [0.2, 0.25) is 0 Å². The van der Waals surface area contributed by atoms with Crippen LogP contribution in [0, 0.1) is 5.92 Å². The van der Waals surface area contributed by atoms with Crippen LogP contribution in [0.15, 0.2) is 16.6 Å². The highest BCUT2D eigenvalue weighted by molar-refractivity contribution is 9.10. The fraction of sp³-hybridized carbons (Fsp3) is 0.625. The van der Waals surface area contributed by atoms with E-state index >= 15 is 0 Å². The first kappa shape index (κ1) is 15.1. The zero-order chi connectivity index (χ0) is 14.8. The van der Waals surface area contributed by atoms with Gasteiger partial charge >= 0.3 is 0 Å². The van der Waals surface area contributed by atoms with Crippen molar-refractivity contribution in [2.24, 2.45) is 11.7 Å². The molecule has 1 aliphatic heterocycles. The Morgan fingerprint density at radius 2 is 1.95 bits per heavy atom. The van der Waals surface area contributed by atoms with E-state index in [4.69, 9.17) is 15.2 Å². The van der Waals surface area contributed by atoms with Crippen LogP contribution in [-0.2, 0) is 6.54 Å². The molecule has 1 fully saturated rings. The summed E-state index contributed by atoms with van der Waals surface area (Å²) in [5.74, 6) is 2.32. The number of rotatable bonds is 4. The van der Waals surface area contributed by atoms with Gasteiger partial charge in [0.05, 0.1) is 0 Å². The summed E-state index contributed by atoms with van der Waals surface area (Å²) in [7, 11) is 2.20. The summed E-state index contributed by atoms with van der Waals surface area (Å²) < 4.78 is 12.4. The van der Waals surface area contributed by atoms with E-state index in [1.54, 1.807) is 0 Å². The van der Waals surface area contributed by atoms with Crippen LogP contribution in [0.5, 0.6) is 11.5 Å². The average molecular weight is 355 g/mol. The van der Waals surface area contributed by atoms with Gasteiger partial charge in [0, 0.05) is 17.1 Å². The van der Waals surface area contributed by atoms with Gasteiger partial charge in [-0.1, -0.05) is 22.4 Å². The van der Waals surface area contributed by atoms with Gasteiger partial charge in [-0.2, -0.15) is 0 Å². The molecule has 0 radical (unpaired) electrons. The van der Waals surface area contributed by atoms with Gasteiger partial charge in [-0.3, -0.25) is 4.90 Å². The van der Waals surface area contributed by atoms with Crippen molar-refractivity contribution in [3.8, 4) is 11.5 Å². The van der Waals surface area contributed by atoms with Crippen LogP contribution >= 0.6 is 15.9 Å². The van der Waals surface area contributed by atoms with Crippen molar-refractivity contribution in [2.75, 3.05) is 26.8 Å². The first-order valence-corrected chi connectivity index (χ1v) is 8.46. The number of hydrogen-bond acceptors (Lipinski definition) is 4. The summed E-state index contributed by atoms with van der Waals surface area (Å²) in [6.07, 6.45) is 3.80. The Balaban J connectivity index is 1.75. The third kappa shape index (κ3) is 3.20. The zero-order valence-corrected chi connectivity index (χ0v) is 14.1. The molecule has 116 valence electrons. The first-order chi connectivity index (χ1) is 10.2. The number of hydrogen-bond donors (Lipinski definition) is 1. The molecule has 0 amide bonds. The molecule has 0 aromatic heterocycles. The second-order valence-electron chi connectivity index (χ2n) is 6.00. The van der Waals surface area contributed by atoms with Crippen molar-refractivity contribution in [2.45, 2.75) is 31.8 Å². The van der Waals surface area contributed by atoms with Gasteiger partial charge in [0.25, 0.3) is 0 Å². The number of fused-ring (bicyclic) bond motifs is 1. The number of ether oxygens (including phenoxy) is 2. The Morgan fingerprint density at radius 3 is 2.67 bits per heavy atom. The van der Waals surface area contributed by atoms with Crippen molar-refractivity contribution >= 4 is 15.9 Å². The molecule has 0 saturated heterocycles. The maximum Gasteiger partial charge on any atom is 0.162 e. The minimum Gasteiger partial charge on any atom is -0.486 e. The summed E-state index contributed by atoms with van der Waals surface area (Å²) >= 11 is 3.66. The lowest BCUT2D eigenvalue weighted by molar-refractivity contribution is 0.169. The maximum atomic E-state index is 5.90. The van der Waals surface area contributed by atoms with Crippen molar-refractivity contribution in [1.29, 1.82) is 0 Å². The third-order valence-electron chi connectivity index (χ3n) is 4.62. The number of benzene rings is 1. The summed E-state index contributed by atoms with van der Waals surface area (Å²) in [6, 6.07) is 4.71. The SMILES string of the molecule is CN(Cc1cc2c(cc1Br)OCCO2)C1CCCC1CN. The number of nitrogens with two attached hydrogens (primary N) is 1. The minimum atomic E-state index is 0.593. The first-order valence-electron chi connectivity index (χ1n) is 7.67. The molecule has 1 saturated carbocycles. The van der Waals surface area contributed by atoms with Crippen LogP contribution in [0.1, 0.15) is 24.8 Å². The number of halogens is 1. The molecule has 2 aliphatic rings. The molecule has 2 N–H and O–H groups in total. The molecule has 1 aliphatic carbocycles. The van der Waals surface area contributed by atoms with E-state index in [0.717, 1.165) is 29.1 Å². The molecule has 5 heteroatoms. The van der Waals surface area contributed by atoms with Crippen LogP contribution in [0.3, 0.4) is 0 Å². The van der Waals surface area contributed by atoms with E-state index in [2.05, 4.69) is 33.9 Å². The van der Waals surface area contributed by atoms with Crippen LogP contribution in [0.4, 0.5) is 0 Å². The Kier molecular flexibility index (Phi) is 4.72. The monoisotopic (exact) mass is 354 g/mol. The quantitative estimate of drug-likeness (QED) is 0.902. The van der Waals surface area contributed by atoms with Crippen molar-refractivity contribution in [3.63, 3.8) is 0 Å². The van der Waals surface area contributed by atoms with Gasteiger partial charge in [-0.25, -0.2) is 0 Å². The Bertz CT molecular complexity index is 509. The average Bonchev–Trinajstić information content (AvgIpc) is 2.96. The largest absolute Gasteiger partial charge is 0.486 e. The second kappa shape index (κ2) is 6.55. The van der Waals surface area contributed by atoms with Crippen molar-refractivity contribution in [3.05, 3.63) is 22.2 Å². The lowest BCUT2D eigenvalue weighted by atomic mass is 10.0. The predicted octanol–water partition coefficient (Wildman–Crippen LogP) is 2.78. The van der Waals surface area contributed by atoms with Gasteiger partial charge < -0.3 is 15.2 Å². The molecule has 1 aromatic rings. The Morgan fingerprint density at radius 1 is 1.24 bits per heavy atom. The van der Waals surface area contributed by atoms with Crippen molar-refractivity contribution in [1.82, 2.24) is 4.90 Å². The number of nitrogens with zero attached hydrogens (tertiary/aromatic N) is 1. The molecule has 0 spiro atoms. The molecular weight excluding hydrogens is 332 g/mol. The summed E-state index contributed by atoms with van der Waals surface area (Å²) in [6.45, 7) is 2.94. The van der Waals surface area contributed by atoms with E-state index < -0.39 is 0 Å². The van der Waals surface area contributed by atoms with Crippen LogP contribution < -0.4 is 15.2 Å². The highest BCUT2D eigenvalue weighted by Crippen LogP contribution is 2.37. The summed E-state index contributed by atoms with van der Waals surface area (Å²) in [4.78, 5) is 2.43. The summed E-state index contributed by atoms with van der Waals surface area (Å²) in [5.41, 5.74) is 7.14. The van der Waals surface area contributed by atoms with Crippen LogP contribution in [-0.4, -0.2) is 37.7 Å². The zero-order valence-electron chi connectivity index (χ0n) is 12.5. The van der Waals surface area contributed by atoms with Gasteiger partial charge in [-0.15, -0.1) is 0 Å². The van der Waals surface area contributed by atoms with E-state index in [0.29, 0.717) is 25.2 Å². The maximum absolute atomic E-state index is 5.90. The molecule has 21 heavy (non-hydrogen) atoms. The fourth-order valence-electron chi connectivity index (χ4n) is 3.49. The molecule has 3 rings (SSSR count). The highest BCUT2D eigenvalue weighted by Gasteiger charge is 2.29. The minimum absolute atomic E-state index is 0.593. The van der Waals surface area contributed by atoms with Crippen molar-refractivity contribution < 1.29 is 9.47 Å².